The third-order valence-electron chi connectivity index (χ3n) is 5.59. The molecular weight excluding hydrogens is 516 g/mol. The monoisotopic (exact) mass is 546 g/mol. The molecule has 0 aliphatic rings. The van der Waals surface area contributed by atoms with Crippen LogP contribution in [0.2, 0.25) is 0 Å². The summed E-state index contributed by atoms with van der Waals surface area (Å²) in [7, 11) is -7.87. The fourth-order valence-corrected chi connectivity index (χ4v) is 5.50. The molecule has 0 saturated carbocycles. The molecular formula is C26H30N2O7S2. The summed E-state index contributed by atoms with van der Waals surface area (Å²) in [5.74, 6) is -0.833. The van der Waals surface area contributed by atoms with Crippen molar-refractivity contribution >= 4 is 26.0 Å². The number of ether oxygens (including phenoxy) is 1. The number of rotatable bonds is 10. The second-order valence-corrected chi connectivity index (χ2v) is 13.1. The molecule has 0 spiro atoms. The molecule has 0 bridgehead atoms. The Bertz CT molecular complexity index is 1460. The van der Waals surface area contributed by atoms with Crippen LogP contribution in [-0.2, 0) is 43.3 Å². The Balaban J connectivity index is 1.97. The van der Waals surface area contributed by atoms with Crippen LogP contribution >= 0.6 is 0 Å². The molecule has 9 nitrogen and oxygen atoms in total. The molecule has 0 fully saturated rings. The molecule has 198 valence electrons. The van der Waals surface area contributed by atoms with Crippen molar-refractivity contribution in [2.45, 2.75) is 49.1 Å². The zero-order valence-corrected chi connectivity index (χ0v) is 22.4. The highest BCUT2D eigenvalue weighted by Gasteiger charge is 2.26. The molecule has 3 aromatic carbocycles. The van der Waals surface area contributed by atoms with Crippen molar-refractivity contribution in [3.63, 3.8) is 0 Å². The lowest BCUT2D eigenvalue weighted by Crippen LogP contribution is -2.30. The van der Waals surface area contributed by atoms with Crippen LogP contribution in [0.15, 0.2) is 82.6 Å². The number of sulfonamides is 2. The minimum Gasteiger partial charge on any atom is -0.482 e. The van der Waals surface area contributed by atoms with E-state index < -0.39 is 32.6 Å². The number of nitrogens with two attached hydrogens (primary N) is 1. The lowest BCUT2D eigenvalue weighted by molar-refractivity contribution is -0.139. The average molecular weight is 547 g/mol. The van der Waals surface area contributed by atoms with Gasteiger partial charge in [0.15, 0.2) is 6.61 Å². The first kappa shape index (κ1) is 28.3. The number of aliphatic carboxylic acids is 1. The largest absolute Gasteiger partial charge is 0.482 e. The van der Waals surface area contributed by atoms with Crippen LogP contribution in [0.3, 0.4) is 0 Å². The summed E-state index contributed by atoms with van der Waals surface area (Å²) in [5, 5.41) is 14.0. The smallest absolute Gasteiger partial charge is 0.341 e. The lowest BCUT2D eigenvalue weighted by Gasteiger charge is -2.24. The normalized spacial score (nSPS) is 12.5. The molecule has 0 aliphatic carbocycles. The maximum Gasteiger partial charge on any atom is 0.341 e. The molecule has 37 heavy (non-hydrogen) atoms. The number of nitrogens with zero attached hydrogens (tertiary/aromatic N) is 1. The van der Waals surface area contributed by atoms with Gasteiger partial charge < -0.3 is 9.84 Å². The molecule has 3 aromatic rings. The minimum absolute atomic E-state index is 0.0371. The predicted molar refractivity (Wildman–Crippen MR) is 139 cm³/mol. The van der Waals surface area contributed by atoms with Gasteiger partial charge in [-0.15, -0.1) is 0 Å². The van der Waals surface area contributed by atoms with E-state index in [2.05, 4.69) is 0 Å². The van der Waals surface area contributed by atoms with Gasteiger partial charge in [-0.1, -0.05) is 57.2 Å². The van der Waals surface area contributed by atoms with Gasteiger partial charge in [-0.05, 0) is 58.5 Å². The van der Waals surface area contributed by atoms with Crippen molar-refractivity contribution in [3.8, 4) is 5.75 Å². The SMILES string of the molecule is CC(C)(C)c1ccc(S(=O)(=O)N(Cc2ccc(S(N)(=O)=O)cc2)Cc2cccc(OCC(=O)O)c2)cc1. The van der Waals surface area contributed by atoms with Crippen LogP contribution in [0.1, 0.15) is 37.5 Å². The zero-order valence-electron chi connectivity index (χ0n) is 20.8. The molecule has 0 aliphatic heterocycles. The van der Waals surface area contributed by atoms with Crippen LogP contribution < -0.4 is 9.88 Å². The maximum atomic E-state index is 13.7. The van der Waals surface area contributed by atoms with Gasteiger partial charge in [-0.25, -0.2) is 26.8 Å². The van der Waals surface area contributed by atoms with Crippen molar-refractivity contribution in [2.75, 3.05) is 6.61 Å². The number of benzene rings is 3. The molecule has 0 unspecified atom stereocenters. The predicted octanol–water partition coefficient (Wildman–Crippen LogP) is 3.49. The van der Waals surface area contributed by atoms with Crippen LogP contribution in [0.4, 0.5) is 0 Å². The minimum atomic E-state index is -3.98. The summed E-state index contributed by atoms with van der Waals surface area (Å²) >= 11 is 0. The first-order valence-corrected chi connectivity index (χ1v) is 14.3. The Morgan fingerprint density at radius 3 is 1.97 bits per heavy atom. The fraction of sp³-hybridized carbons (Fsp3) is 0.269. The van der Waals surface area contributed by atoms with Crippen molar-refractivity contribution in [1.29, 1.82) is 0 Å². The highest BCUT2D eigenvalue weighted by molar-refractivity contribution is 7.89. The summed E-state index contributed by atoms with van der Waals surface area (Å²) < 4.78 is 57.2. The second-order valence-electron chi connectivity index (χ2n) is 9.57. The number of hydrogen-bond donors (Lipinski definition) is 2. The van der Waals surface area contributed by atoms with E-state index in [1.54, 1.807) is 48.5 Å². The van der Waals surface area contributed by atoms with Gasteiger partial charge in [0.25, 0.3) is 0 Å². The maximum absolute atomic E-state index is 13.7. The molecule has 11 heteroatoms. The van der Waals surface area contributed by atoms with Crippen molar-refractivity contribution in [1.82, 2.24) is 4.31 Å². The molecule has 3 rings (SSSR count). The van der Waals surface area contributed by atoms with Gasteiger partial charge in [0.2, 0.25) is 20.0 Å². The van der Waals surface area contributed by atoms with Gasteiger partial charge in [-0.3, -0.25) is 0 Å². The Labute approximate surface area is 217 Å². The van der Waals surface area contributed by atoms with E-state index in [0.717, 1.165) is 5.56 Å². The van der Waals surface area contributed by atoms with E-state index >= 15 is 0 Å². The first-order valence-electron chi connectivity index (χ1n) is 11.3. The van der Waals surface area contributed by atoms with E-state index in [-0.39, 0.29) is 28.3 Å². The van der Waals surface area contributed by atoms with Crippen molar-refractivity contribution in [3.05, 3.63) is 89.5 Å². The van der Waals surface area contributed by atoms with Crippen molar-refractivity contribution in [2.24, 2.45) is 5.14 Å². The highest BCUT2D eigenvalue weighted by Crippen LogP contribution is 2.27. The second kappa shape index (κ2) is 11.0. The van der Waals surface area contributed by atoms with E-state index in [0.29, 0.717) is 16.9 Å². The molecule has 0 heterocycles. The summed E-state index contributed by atoms with van der Waals surface area (Å²) in [5.41, 5.74) is 1.98. The Morgan fingerprint density at radius 2 is 1.43 bits per heavy atom. The van der Waals surface area contributed by atoms with Gasteiger partial charge in [0, 0.05) is 13.1 Å². The summed E-state index contributed by atoms with van der Waals surface area (Å²) in [6, 6.07) is 18.9. The van der Waals surface area contributed by atoms with Crippen LogP contribution in [0.5, 0.6) is 5.75 Å². The zero-order chi connectivity index (χ0) is 27.4. The van der Waals surface area contributed by atoms with E-state index in [1.165, 1.54) is 28.6 Å². The fourth-order valence-electron chi connectivity index (χ4n) is 3.57. The van der Waals surface area contributed by atoms with Crippen LogP contribution in [0.25, 0.3) is 0 Å². The third-order valence-corrected chi connectivity index (χ3v) is 8.32. The van der Waals surface area contributed by atoms with Crippen molar-refractivity contribution < 1.29 is 31.5 Å². The number of carboxylic acid groups (broad SMARTS) is 1. The number of carboxylic acids is 1. The van der Waals surface area contributed by atoms with Gasteiger partial charge in [0.05, 0.1) is 9.79 Å². The molecule has 0 saturated heterocycles. The number of hydrogen-bond acceptors (Lipinski definition) is 6. The standard InChI is InChI=1S/C26H30N2O7S2/c1-26(2,3)21-9-13-24(14-10-21)37(33,34)28(16-19-7-11-23(12-8-19)36(27,31)32)17-20-5-4-6-22(15-20)35-18-25(29)30/h4-15H,16-18H2,1-3H3,(H,29,30)(H2,27,31,32). The number of primary sulfonamides is 1. The van der Waals surface area contributed by atoms with Crippen LogP contribution in [-0.4, -0.2) is 38.8 Å². The number of carbonyl (C=O) groups is 1. The van der Waals surface area contributed by atoms with E-state index in [1.807, 2.05) is 20.8 Å². The van der Waals surface area contributed by atoms with Crippen LogP contribution in [0, 0.1) is 0 Å². The van der Waals surface area contributed by atoms with Gasteiger partial charge >= 0.3 is 5.97 Å². The van der Waals surface area contributed by atoms with Gasteiger partial charge in [-0.2, -0.15) is 4.31 Å². The van der Waals surface area contributed by atoms with Gasteiger partial charge in [0.1, 0.15) is 5.75 Å². The molecule has 0 atom stereocenters. The summed E-state index contributed by atoms with van der Waals surface area (Å²) in [6.45, 7) is 5.50. The molecule has 0 radical (unpaired) electrons. The third kappa shape index (κ3) is 7.62. The lowest BCUT2D eigenvalue weighted by atomic mass is 9.87. The molecule has 0 aromatic heterocycles. The van der Waals surface area contributed by atoms with E-state index in [4.69, 9.17) is 15.0 Å². The highest BCUT2D eigenvalue weighted by atomic mass is 32.2. The van der Waals surface area contributed by atoms with E-state index in [9.17, 15) is 21.6 Å². The summed E-state index contributed by atoms with van der Waals surface area (Å²) in [6.07, 6.45) is 0. The summed E-state index contributed by atoms with van der Waals surface area (Å²) in [4.78, 5) is 10.9. The Morgan fingerprint density at radius 1 is 0.865 bits per heavy atom. The Hall–Kier alpha value is -3.25. The quantitative estimate of drug-likeness (QED) is 0.396. The Kier molecular flexibility index (Phi) is 8.43. The first-order chi connectivity index (χ1) is 17.2. The topological polar surface area (TPSA) is 144 Å². The molecule has 3 N–H and O–H groups in total. The average Bonchev–Trinajstić information content (AvgIpc) is 2.82. The molecule has 0 amide bonds.